The fourth-order valence-electron chi connectivity index (χ4n) is 4.07. The van der Waals surface area contributed by atoms with Gasteiger partial charge in [-0.05, 0) is 65.6 Å². The second-order valence-corrected chi connectivity index (χ2v) is 8.30. The predicted molar refractivity (Wildman–Crippen MR) is 131 cm³/mol. The highest BCUT2D eigenvalue weighted by Gasteiger charge is 2.20. The van der Waals surface area contributed by atoms with Gasteiger partial charge < -0.3 is 14.9 Å². The number of phenols is 1. The summed E-state index contributed by atoms with van der Waals surface area (Å²) in [6, 6.07) is 28.0. The number of hydrogen-bond acceptors (Lipinski definition) is 5. The number of fused-ring (bicyclic) bond motifs is 1. The molecule has 0 aliphatic rings. The van der Waals surface area contributed by atoms with E-state index in [4.69, 9.17) is 9.51 Å². The minimum Gasteiger partial charge on any atom is -0.508 e. The van der Waals surface area contributed by atoms with Gasteiger partial charge in [0.05, 0.1) is 5.92 Å². The van der Waals surface area contributed by atoms with Crippen LogP contribution in [-0.4, -0.2) is 15.2 Å². The van der Waals surface area contributed by atoms with Gasteiger partial charge in [-0.25, -0.2) is 0 Å². The molecule has 5 aromatic rings. The van der Waals surface area contributed by atoms with E-state index in [1.165, 1.54) is 16.3 Å². The fraction of sp³-hybridized carbons (Fsp3) is 0.143. The molecule has 5 heteroatoms. The molecule has 0 aliphatic carbocycles. The van der Waals surface area contributed by atoms with Crippen molar-refractivity contribution in [3.63, 3.8) is 0 Å². The number of nitrogens with one attached hydrogen (secondary N) is 1. The van der Waals surface area contributed by atoms with E-state index < -0.39 is 0 Å². The van der Waals surface area contributed by atoms with Crippen molar-refractivity contribution in [2.75, 3.05) is 5.32 Å². The Balaban J connectivity index is 1.40. The molecule has 5 nitrogen and oxygen atoms in total. The lowest BCUT2D eigenvalue weighted by atomic mass is 9.95. The summed E-state index contributed by atoms with van der Waals surface area (Å²) in [5, 5.41) is 19.6. The van der Waals surface area contributed by atoms with Crippen LogP contribution in [0.3, 0.4) is 0 Å². The quantitative estimate of drug-likeness (QED) is 0.312. The second-order valence-electron chi connectivity index (χ2n) is 8.30. The van der Waals surface area contributed by atoms with Crippen LogP contribution in [0.4, 0.5) is 5.69 Å². The zero-order valence-corrected chi connectivity index (χ0v) is 18.6. The summed E-state index contributed by atoms with van der Waals surface area (Å²) in [7, 11) is 0. The molecule has 0 saturated heterocycles. The molecule has 1 aromatic heterocycles. The van der Waals surface area contributed by atoms with Gasteiger partial charge in [0.1, 0.15) is 5.75 Å². The molecule has 5 rings (SSSR count). The van der Waals surface area contributed by atoms with E-state index in [1.54, 1.807) is 12.1 Å². The van der Waals surface area contributed by atoms with E-state index in [9.17, 15) is 5.11 Å². The fourth-order valence-corrected chi connectivity index (χ4v) is 4.07. The van der Waals surface area contributed by atoms with Crippen LogP contribution >= 0.6 is 0 Å². The molecule has 1 atom stereocenters. The first-order valence-corrected chi connectivity index (χ1v) is 11.0. The van der Waals surface area contributed by atoms with Crippen molar-refractivity contribution in [1.82, 2.24) is 10.1 Å². The summed E-state index contributed by atoms with van der Waals surface area (Å²) in [5.74, 6) is 1.43. The third kappa shape index (κ3) is 4.30. The van der Waals surface area contributed by atoms with Crippen molar-refractivity contribution < 1.29 is 9.63 Å². The van der Waals surface area contributed by atoms with Crippen molar-refractivity contribution in [3.05, 3.63) is 108 Å². The van der Waals surface area contributed by atoms with Crippen LogP contribution in [0.25, 0.3) is 22.2 Å². The summed E-state index contributed by atoms with van der Waals surface area (Å²) in [6.07, 6.45) is 0. The van der Waals surface area contributed by atoms with E-state index in [0.29, 0.717) is 18.3 Å². The lowest BCUT2D eigenvalue weighted by molar-refractivity contribution is 0.371. The SMILES string of the molecule is Cc1ccc(NCc2ccc(O)cc2)cc1-c1noc(C(C)c2cccc3ccccc23)n1. The predicted octanol–water partition coefficient (Wildman–Crippen LogP) is 6.67. The molecule has 164 valence electrons. The van der Waals surface area contributed by atoms with Crippen molar-refractivity contribution in [2.45, 2.75) is 26.3 Å². The molecule has 0 radical (unpaired) electrons. The first-order valence-electron chi connectivity index (χ1n) is 11.0. The average molecular weight is 436 g/mol. The molecular weight excluding hydrogens is 410 g/mol. The number of anilines is 1. The topological polar surface area (TPSA) is 71.2 Å². The molecule has 0 amide bonds. The standard InChI is InChI=1S/C28H25N3O2/c1-18-10-13-22(29-17-20-11-14-23(32)15-12-20)16-26(18)27-30-28(33-31-27)19(2)24-9-5-7-21-6-3-4-8-25(21)24/h3-16,19,29,32H,17H2,1-2H3. The minimum atomic E-state index is -0.0199. The van der Waals surface area contributed by atoms with Crippen molar-refractivity contribution in [1.29, 1.82) is 0 Å². The first-order chi connectivity index (χ1) is 16.1. The molecule has 0 aliphatic heterocycles. The number of benzene rings is 4. The Morgan fingerprint density at radius 3 is 2.58 bits per heavy atom. The summed E-state index contributed by atoms with van der Waals surface area (Å²) in [6.45, 7) is 4.79. The van der Waals surface area contributed by atoms with Gasteiger partial charge in [0, 0.05) is 17.8 Å². The average Bonchev–Trinajstić information content (AvgIpc) is 3.34. The maximum Gasteiger partial charge on any atom is 0.234 e. The molecule has 2 N–H and O–H groups in total. The van der Waals surface area contributed by atoms with Crippen LogP contribution in [0.5, 0.6) is 5.75 Å². The number of hydrogen-bond donors (Lipinski definition) is 2. The number of phenolic OH excluding ortho intramolecular Hbond substituents is 1. The maximum absolute atomic E-state index is 9.46. The van der Waals surface area contributed by atoms with Gasteiger partial charge in [-0.15, -0.1) is 0 Å². The van der Waals surface area contributed by atoms with E-state index >= 15 is 0 Å². The highest BCUT2D eigenvalue weighted by atomic mass is 16.5. The minimum absolute atomic E-state index is 0.0199. The van der Waals surface area contributed by atoms with Gasteiger partial charge in [-0.2, -0.15) is 4.98 Å². The lowest BCUT2D eigenvalue weighted by Gasteiger charge is -2.11. The first kappa shape index (κ1) is 20.8. The van der Waals surface area contributed by atoms with Gasteiger partial charge in [0.25, 0.3) is 0 Å². The molecule has 0 saturated carbocycles. The molecule has 0 spiro atoms. The summed E-state index contributed by atoms with van der Waals surface area (Å²) < 4.78 is 5.71. The molecule has 33 heavy (non-hydrogen) atoms. The van der Waals surface area contributed by atoms with Crippen LogP contribution in [0, 0.1) is 6.92 Å². The lowest BCUT2D eigenvalue weighted by Crippen LogP contribution is -2.00. The Hall–Kier alpha value is -4.12. The highest BCUT2D eigenvalue weighted by molar-refractivity contribution is 5.86. The number of nitrogens with zero attached hydrogens (tertiary/aromatic N) is 2. The van der Waals surface area contributed by atoms with Crippen LogP contribution in [0.2, 0.25) is 0 Å². The van der Waals surface area contributed by atoms with Gasteiger partial charge in [0.15, 0.2) is 0 Å². The Morgan fingerprint density at radius 2 is 1.73 bits per heavy atom. The normalized spacial score (nSPS) is 12.1. The molecular formula is C28H25N3O2. The van der Waals surface area contributed by atoms with Crippen LogP contribution < -0.4 is 5.32 Å². The van der Waals surface area contributed by atoms with E-state index in [-0.39, 0.29) is 11.7 Å². The zero-order valence-electron chi connectivity index (χ0n) is 18.6. The molecule has 4 aromatic carbocycles. The zero-order chi connectivity index (χ0) is 22.8. The molecule has 0 bridgehead atoms. The van der Waals surface area contributed by atoms with Crippen LogP contribution in [0.15, 0.2) is 89.5 Å². The number of aromatic nitrogens is 2. The third-order valence-corrected chi connectivity index (χ3v) is 6.01. The monoisotopic (exact) mass is 435 g/mol. The van der Waals surface area contributed by atoms with Crippen molar-refractivity contribution >= 4 is 16.5 Å². The Morgan fingerprint density at radius 1 is 0.939 bits per heavy atom. The summed E-state index contributed by atoms with van der Waals surface area (Å²) in [5.41, 5.74) is 5.24. The highest BCUT2D eigenvalue weighted by Crippen LogP contribution is 2.32. The third-order valence-electron chi connectivity index (χ3n) is 6.01. The number of aromatic hydroxyl groups is 1. The number of aryl methyl sites for hydroxylation is 1. The molecule has 1 unspecified atom stereocenters. The molecule has 1 heterocycles. The molecule has 0 fully saturated rings. The summed E-state index contributed by atoms with van der Waals surface area (Å²) in [4.78, 5) is 4.76. The van der Waals surface area contributed by atoms with Crippen LogP contribution in [-0.2, 0) is 6.54 Å². The Bertz CT molecular complexity index is 1400. The van der Waals surface area contributed by atoms with E-state index in [1.807, 2.05) is 37.3 Å². The number of rotatable bonds is 6. The summed E-state index contributed by atoms with van der Waals surface area (Å²) >= 11 is 0. The van der Waals surface area contributed by atoms with Gasteiger partial charge >= 0.3 is 0 Å². The smallest absolute Gasteiger partial charge is 0.234 e. The van der Waals surface area contributed by atoms with E-state index in [0.717, 1.165) is 22.4 Å². The van der Waals surface area contributed by atoms with E-state index in [2.05, 4.69) is 59.9 Å². The maximum atomic E-state index is 9.46. The van der Waals surface area contributed by atoms with Gasteiger partial charge in [-0.3, -0.25) is 0 Å². The Labute approximate surface area is 192 Å². The van der Waals surface area contributed by atoms with Crippen molar-refractivity contribution in [2.24, 2.45) is 0 Å². The van der Waals surface area contributed by atoms with Crippen LogP contribution in [0.1, 0.15) is 35.4 Å². The largest absolute Gasteiger partial charge is 0.508 e. The van der Waals surface area contributed by atoms with Gasteiger partial charge in [-0.1, -0.05) is 65.8 Å². The van der Waals surface area contributed by atoms with Crippen molar-refractivity contribution in [3.8, 4) is 17.1 Å². The Kier molecular flexibility index (Phi) is 5.53. The second kappa shape index (κ2) is 8.79. The van der Waals surface area contributed by atoms with Gasteiger partial charge in [0.2, 0.25) is 11.7 Å².